The number of nitrogens with one attached hydrogen (secondary N) is 1. The third-order valence-corrected chi connectivity index (χ3v) is 3.75. The Hall–Kier alpha value is -0.330. The second kappa shape index (κ2) is 7.31. The molecule has 6 heteroatoms. The van der Waals surface area contributed by atoms with Crippen LogP contribution in [0.5, 0.6) is 0 Å². The molecule has 3 N–H and O–H groups in total. The maximum atomic E-state index is 12.0. The van der Waals surface area contributed by atoms with E-state index in [1.165, 1.54) is 6.42 Å². The van der Waals surface area contributed by atoms with E-state index in [9.17, 15) is 13.2 Å². The summed E-state index contributed by atoms with van der Waals surface area (Å²) in [6.07, 6.45) is 1.24. The molecule has 0 spiro atoms. The third kappa shape index (κ3) is 5.54. The fourth-order valence-electron chi connectivity index (χ4n) is 2.69. The Morgan fingerprint density at radius 2 is 2.11 bits per heavy atom. The number of alkyl halides is 3. The first-order valence-electron chi connectivity index (χ1n) is 6.57. The van der Waals surface area contributed by atoms with Crippen molar-refractivity contribution >= 4 is 0 Å². The van der Waals surface area contributed by atoms with E-state index in [1.54, 1.807) is 0 Å². The van der Waals surface area contributed by atoms with Crippen molar-refractivity contribution in [1.29, 1.82) is 0 Å². The molecule has 18 heavy (non-hydrogen) atoms. The van der Waals surface area contributed by atoms with Gasteiger partial charge in [0.1, 0.15) is 6.61 Å². The summed E-state index contributed by atoms with van der Waals surface area (Å²) in [5.41, 5.74) is 2.61. The van der Waals surface area contributed by atoms with Gasteiger partial charge in [-0.3, -0.25) is 11.3 Å². The molecule has 1 rings (SSSR count). The summed E-state index contributed by atoms with van der Waals surface area (Å²) in [5, 5.41) is 0. The van der Waals surface area contributed by atoms with Crippen LogP contribution in [0.4, 0.5) is 13.2 Å². The number of ether oxygens (including phenoxy) is 1. The summed E-state index contributed by atoms with van der Waals surface area (Å²) in [6.45, 7) is 0.976. The highest BCUT2D eigenvalue weighted by Crippen LogP contribution is 2.32. The summed E-state index contributed by atoms with van der Waals surface area (Å²) >= 11 is 0. The van der Waals surface area contributed by atoms with Gasteiger partial charge >= 0.3 is 6.18 Å². The van der Waals surface area contributed by atoms with Crippen LogP contribution >= 0.6 is 0 Å². The quantitative estimate of drug-likeness (QED) is 0.575. The standard InChI is InChI=1S/C12H23F3N2O/c1-2-9-4-3-5-10(6-9)11(17-16)7-18-8-12(13,14)15/h9-11,17H,2-8,16H2,1H3. The van der Waals surface area contributed by atoms with Crippen LogP contribution in [0.2, 0.25) is 0 Å². The Morgan fingerprint density at radius 1 is 1.39 bits per heavy atom. The van der Waals surface area contributed by atoms with Gasteiger partial charge < -0.3 is 4.74 Å². The van der Waals surface area contributed by atoms with Gasteiger partial charge in [0.25, 0.3) is 0 Å². The van der Waals surface area contributed by atoms with Crippen molar-refractivity contribution in [2.24, 2.45) is 17.7 Å². The van der Waals surface area contributed by atoms with Gasteiger partial charge in [0.2, 0.25) is 0 Å². The van der Waals surface area contributed by atoms with Gasteiger partial charge in [0, 0.05) is 6.04 Å². The minimum atomic E-state index is -4.27. The van der Waals surface area contributed by atoms with Gasteiger partial charge in [0.05, 0.1) is 6.61 Å². The van der Waals surface area contributed by atoms with Crippen LogP contribution in [-0.4, -0.2) is 25.4 Å². The molecule has 0 saturated heterocycles. The van der Waals surface area contributed by atoms with Crippen LogP contribution in [0.1, 0.15) is 39.0 Å². The predicted octanol–water partition coefficient (Wildman–Crippen LogP) is 2.61. The molecule has 1 aliphatic rings. The van der Waals surface area contributed by atoms with Gasteiger partial charge in [-0.05, 0) is 24.7 Å². The zero-order valence-corrected chi connectivity index (χ0v) is 10.8. The molecule has 0 amide bonds. The SMILES string of the molecule is CCC1CCCC(C(COCC(F)(F)F)NN)C1. The molecule has 1 aliphatic carbocycles. The van der Waals surface area contributed by atoms with Crippen molar-refractivity contribution in [3.8, 4) is 0 Å². The average molecular weight is 268 g/mol. The molecule has 3 nitrogen and oxygen atoms in total. The zero-order valence-electron chi connectivity index (χ0n) is 10.8. The van der Waals surface area contributed by atoms with Gasteiger partial charge in [-0.25, -0.2) is 0 Å². The van der Waals surface area contributed by atoms with Crippen LogP contribution in [0.25, 0.3) is 0 Å². The van der Waals surface area contributed by atoms with E-state index in [4.69, 9.17) is 10.6 Å². The average Bonchev–Trinajstić information content (AvgIpc) is 2.33. The lowest BCUT2D eigenvalue weighted by Crippen LogP contribution is -2.46. The fraction of sp³-hybridized carbons (Fsp3) is 1.00. The van der Waals surface area contributed by atoms with Crippen molar-refractivity contribution in [3.63, 3.8) is 0 Å². The van der Waals surface area contributed by atoms with E-state index in [1.807, 2.05) is 0 Å². The largest absolute Gasteiger partial charge is 0.411 e. The Kier molecular flexibility index (Phi) is 6.38. The Labute approximate surface area is 106 Å². The zero-order chi connectivity index (χ0) is 13.6. The third-order valence-electron chi connectivity index (χ3n) is 3.75. The number of nitrogens with two attached hydrogens (primary N) is 1. The molecule has 0 heterocycles. The first kappa shape index (κ1) is 15.7. The van der Waals surface area contributed by atoms with E-state index in [0.29, 0.717) is 11.8 Å². The lowest BCUT2D eigenvalue weighted by molar-refractivity contribution is -0.176. The van der Waals surface area contributed by atoms with Crippen molar-refractivity contribution in [2.75, 3.05) is 13.2 Å². The molecule has 3 atom stereocenters. The number of hydrazine groups is 1. The first-order chi connectivity index (χ1) is 8.46. The van der Waals surface area contributed by atoms with Gasteiger partial charge in [-0.1, -0.05) is 26.2 Å². The van der Waals surface area contributed by atoms with Crippen LogP contribution in [0, 0.1) is 11.8 Å². The van der Waals surface area contributed by atoms with Crippen LogP contribution in [0.3, 0.4) is 0 Å². The maximum absolute atomic E-state index is 12.0. The minimum Gasteiger partial charge on any atom is -0.370 e. The Balaban J connectivity index is 2.35. The Bertz CT molecular complexity index is 236. The first-order valence-corrected chi connectivity index (χ1v) is 6.57. The minimum absolute atomic E-state index is 0.0249. The summed E-state index contributed by atoms with van der Waals surface area (Å²) in [4.78, 5) is 0. The van der Waals surface area contributed by atoms with E-state index in [0.717, 1.165) is 25.7 Å². The Morgan fingerprint density at radius 3 is 2.67 bits per heavy atom. The molecule has 3 unspecified atom stereocenters. The second-order valence-electron chi connectivity index (χ2n) is 5.10. The molecule has 1 saturated carbocycles. The normalized spacial score (nSPS) is 27.2. The molecular formula is C12H23F3N2O. The summed E-state index contributed by atoms with van der Waals surface area (Å²) < 4.78 is 40.7. The fourth-order valence-corrected chi connectivity index (χ4v) is 2.69. The molecule has 1 fully saturated rings. The number of rotatable bonds is 6. The molecule has 108 valence electrons. The lowest BCUT2D eigenvalue weighted by Gasteiger charge is -2.33. The predicted molar refractivity (Wildman–Crippen MR) is 63.7 cm³/mol. The van der Waals surface area contributed by atoms with Crippen molar-refractivity contribution in [3.05, 3.63) is 0 Å². The molecule has 0 aromatic rings. The number of halogens is 3. The van der Waals surface area contributed by atoms with Crippen molar-refractivity contribution < 1.29 is 17.9 Å². The van der Waals surface area contributed by atoms with E-state index < -0.39 is 12.8 Å². The van der Waals surface area contributed by atoms with E-state index >= 15 is 0 Å². The van der Waals surface area contributed by atoms with Gasteiger partial charge in [-0.2, -0.15) is 13.2 Å². The van der Waals surface area contributed by atoms with E-state index in [-0.39, 0.29) is 12.6 Å². The van der Waals surface area contributed by atoms with Crippen LogP contribution in [0.15, 0.2) is 0 Å². The highest BCUT2D eigenvalue weighted by atomic mass is 19.4. The molecule has 0 aromatic heterocycles. The second-order valence-corrected chi connectivity index (χ2v) is 5.10. The van der Waals surface area contributed by atoms with Crippen LogP contribution in [-0.2, 0) is 4.74 Å². The summed E-state index contributed by atoms with van der Waals surface area (Å²) in [7, 11) is 0. The molecule has 0 bridgehead atoms. The summed E-state index contributed by atoms with van der Waals surface area (Å²) in [5.74, 6) is 6.42. The van der Waals surface area contributed by atoms with Crippen molar-refractivity contribution in [2.45, 2.75) is 51.2 Å². The van der Waals surface area contributed by atoms with E-state index in [2.05, 4.69) is 12.3 Å². The topological polar surface area (TPSA) is 47.3 Å². The highest BCUT2D eigenvalue weighted by molar-refractivity contribution is 4.81. The lowest BCUT2D eigenvalue weighted by atomic mass is 9.77. The number of hydrogen-bond donors (Lipinski definition) is 2. The molecule has 0 aliphatic heterocycles. The number of hydrogen-bond acceptors (Lipinski definition) is 3. The van der Waals surface area contributed by atoms with Crippen LogP contribution < -0.4 is 11.3 Å². The van der Waals surface area contributed by atoms with Gasteiger partial charge in [-0.15, -0.1) is 0 Å². The summed E-state index contributed by atoms with van der Waals surface area (Å²) in [6, 6.07) is -0.179. The highest BCUT2D eigenvalue weighted by Gasteiger charge is 2.30. The van der Waals surface area contributed by atoms with Crippen molar-refractivity contribution in [1.82, 2.24) is 5.43 Å². The maximum Gasteiger partial charge on any atom is 0.411 e. The monoisotopic (exact) mass is 268 g/mol. The molecular weight excluding hydrogens is 245 g/mol. The smallest absolute Gasteiger partial charge is 0.370 e. The van der Waals surface area contributed by atoms with Gasteiger partial charge in [0.15, 0.2) is 0 Å². The molecule has 0 aromatic carbocycles. The molecule has 0 radical (unpaired) electrons.